The topological polar surface area (TPSA) is 38.0 Å². The Labute approximate surface area is 109 Å². The van der Waals surface area contributed by atoms with Crippen molar-refractivity contribution in [3.8, 4) is 0 Å². The lowest BCUT2D eigenvalue weighted by atomic mass is 10.1. The maximum Gasteiger partial charge on any atom is 0.0314 e. The minimum absolute atomic E-state index is 0.818. The monoisotopic (exact) mass is 240 g/mol. The van der Waals surface area contributed by atoms with E-state index in [2.05, 4.69) is 48.6 Å². The van der Waals surface area contributed by atoms with E-state index in [1.807, 2.05) is 12.1 Å². The lowest BCUT2D eigenvalue weighted by molar-refractivity contribution is 0.687. The van der Waals surface area contributed by atoms with E-state index in [9.17, 15) is 0 Å². The van der Waals surface area contributed by atoms with Crippen molar-refractivity contribution < 1.29 is 0 Å². The van der Waals surface area contributed by atoms with E-state index in [-0.39, 0.29) is 0 Å². The normalized spacial score (nSPS) is 10.5. The van der Waals surface area contributed by atoms with Gasteiger partial charge in [-0.3, -0.25) is 0 Å². The van der Waals surface area contributed by atoms with Crippen LogP contribution in [-0.2, 0) is 13.0 Å². The number of hydrogen-bond acceptors (Lipinski definition) is 2. The zero-order chi connectivity index (χ0) is 12.8. The summed E-state index contributed by atoms with van der Waals surface area (Å²) in [5.74, 6) is 0. The second-order valence-electron chi connectivity index (χ2n) is 4.66. The van der Waals surface area contributed by atoms with E-state index in [0.29, 0.717) is 0 Å². The fourth-order valence-electron chi connectivity index (χ4n) is 1.97. The Morgan fingerprint density at radius 3 is 2.50 bits per heavy atom. The number of rotatable bonds is 5. The summed E-state index contributed by atoms with van der Waals surface area (Å²) in [6.45, 7) is 4.02. The predicted octanol–water partition coefficient (Wildman–Crippen LogP) is 2.91. The molecule has 18 heavy (non-hydrogen) atoms. The van der Waals surface area contributed by atoms with E-state index >= 15 is 0 Å². The predicted molar refractivity (Wildman–Crippen MR) is 77.4 cm³/mol. The van der Waals surface area contributed by atoms with Gasteiger partial charge in [-0.15, -0.1) is 0 Å². The van der Waals surface area contributed by atoms with Crippen LogP contribution in [0.5, 0.6) is 0 Å². The van der Waals surface area contributed by atoms with Gasteiger partial charge in [-0.1, -0.05) is 42.0 Å². The summed E-state index contributed by atoms with van der Waals surface area (Å²) >= 11 is 0. The van der Waals surface area contributed by atoms with Gasteiger partial charge < -0.3 is 11.1 Å². The molecule has 2 nitrogen and oxygen atoms in total. The Hall–Kier alpha value is -1.80. The number of nitrogens with one attached hydrogen (secondary N) is 1. The van der Waals surface area contributed by atoms with Gasteiger partial charge in [0.15, 0.2) is 0 Å². The quantitative estimate of drug-likeness (QED) is 0.623. The first-order chi connectivity index (χ1) is 8.74. The maximum atomic E-state index is 5.65. The lowest BCUT2D eigenvalue weighted by Gasteiger charge is -2.06. The van der Waals surface area contributed by atoms with Crippen molar-refractivity contribution >= 4 is 5.69 Å². The van der Waals surface area contributed by atoms with E-state index in [0.717, 1.165) is 25.2 Å². The van der Waals surface area contributed by atoms with Crippen LogP contribution in [0.3, 0.4) is 0 Å². The zero-order valence-corrected chi connectivity index (χ0v) is 10.8. The Morgan fingerprint density at radius 1 is 1.00 bits per heavy atom. The Kier molecular flexibility index (Phi) is 4.37. The second kappa shape index (κ2) is 6.22. The van der Waals surface area contributed by atoms with E-state index < -0.39 is 0 Å². The molecule has 2 rings (SSSR count). The van der Waals surface area contributed by atoms with Gasteiger partial charge in [-0.25, -0.2) is 0 Å². The summed E-state index contributed by atoms with van der Waals surface area (Å²) in [5, 5.41) is 3.45. The molecule has 2 aromatic rings. The number of hydrogen-bond donors (Lipinski definition) is 2. The Balaban J connectivity index is 1.74. The number of nitrogens with two attached hydrogens (primary N) is 1. The third-order valence-corrected chi connectivity index (χ3v) is 2.98. The average Bonchev–Trinajstić information content (AvgIpc) is 2.37. The van der Waals surface area contributed by atoms with Crippen LogP contribution >= 0.6 is 0 Å². The first-order valence-electron chi connectivity index (χ1n) is 6.35. The summed E-state index contributed by atoms with van der Waals surface area (Å²) in [6.07, 6.45) is 1.07. The van der Waals surface area contributed by atoms with Crippen molar-refractivity contribution in [2.24, 2.45) is 0 Å². The minimum Gasteiger partial charge on any atom is -0.399 e. The van der Waals surface area contributed by atoms with Gasteiger partial charge in [0.1, 0.15) is 0 Å². The molecule has 2 heteroatoms. The Bertz CT molecular complexity index is 489. The fraction of sp³-hybridized carbons (Fsp3) is 0.250. The largest absolute Gasteiger partial charge is 0.399 e. The molecule has 0 heterocycles. The van der Waals surface area contributed by atoms with Crippen molar-refractivity contribution in [2.75, 3.05) is 12.3 Å². The molecule has 0 fully saturated rings. The highest BCUT2D eigenvalue weighted by molar-refractivity contribution is 5.39. The number of anilines is 1. The van der Waals surface area contributed by atoms with Crippen molar-refractivity contribution in [3.05, 3.63) is 65.2 Å². The number of aryl methyl sites for hydroxylation is 1. The first kappa shape index (κ1) is 12.7. The van der Waals surface area contributed by atoms with Gasteiger partial charge in [0, 0.05) is 12.2 Å². The van der Waals surface area contributed by atoms with Crippen LogP contribution in [-0.4, -0.2) is 6.54 Å². The van der Waals surface area contributed by atoms with Crippen LogP contribution in [0, 0.1) is 6.92 Å². The van der Waals surface area contributed by atoms with Crippen LogP contribution < -0.4 is 11.1 Å². The smallest absolute Gasteiger partial charge is 0.0314 e. The zero-order valence-electron chi connectivity index (χ0n) is 10.8. The molecule has 0 amide bonds. The van der Waals surface area contributed by atoms with Gasteiger partial charge >= 0.3 is 0 Å². The number of benzene rings is 2. The minimum atomic E-state index is 0.818. The molecular formula is C16H20N2. The molecule has 0 bridgehead atoms. The molecule has 0 atom stereocenters. The SMILES string of the molecule is Cc1cccc(CCNCc2ccc(N)cc2)c1. The third kappa shape index (κ3) is 3.90. The summed E-state index contributed by atoms with van der Waals surface area (Å²) < 4.78 is 0. The highest BCUT2D eigenvalue weighted by atomic mass is 14.8. The molecule has 0 aliphatic rings. The highest BCUT2D eigenvalue weighted by Gasteiger charge is 1.95. The van der Waals surface area contributed by atoms with E-state index in [1.54, 1.807) is 0 Å². The van der Waals surface area contributed by atoms with Gasteiger partial charge in [-0.05, 0) is 43.1 Å². The summed E-state index contributed by atoms with van der Waals surface area (Å²) in [5.41, 5.74) is 10.5. The maximum absolute atomic E-state index is 5.65. The van der Waals surface area contributed by atoms with Crippen molar-refractivity contribution in [2.45, 2.75) is 19.9 Å². The van der Waals surface area contributed by atoms with Crippen molar-refractivity contribution in [1.29, 1.82) is 0 Å². The van der Waals surface area contributed by atoms with Gasteiger partial charge in [-0.2, -0.15) is 0 Å². The van der Waals surface area contributed by atoms with E-state index in [1.165, 1.54) is 16.7 Å². The average molecular weight is 240 g/mol. The van der Waals surface area contributed by atoms with Gasteiger partial charge in [0.2, 0.25) is 0 Å². The van der Waals surface area contributed by atoms with Crippen LogP contribution in [0.25, 0.3) is 0 Å². The van der Waals surface area contributed by atoms with E-state index in [4.69, 9.17) is 5.73 Å². The lowest BCUT2D eigenvalue weighted by Crippen LogP contribution is -2.16. The van der Waals surface area contributed by atoms with Crippen LogP contribution in [0.2, 0.25) is 0 Å². The summed E-state index contributed by atoms with van der Waals surface area (Å²) in [6, 6.07) is 16.7. The molecule has 2 aromatic carbocycles. The molecule has 0 saturated heterocycles. The van der Waals surface area contributed by atoms with Gasteiger partial charge in [0.25, 0.3) is 0 Å². The van der Waals surface area contributed by atoms with Crippen molar-refractivity contribution in [3.63, 3.8) is 0 Å². The molecule has 0 aliphatic heterocycles. The molecule has 0 saturated carbocycles. The Morgan fingerprint density at radius 2 is 1.78 bits per heavy atom. The molecular weight excluding hydrogens is 220 g/mol. The van der Waals surface area contributed by atoms with Gasteiger partial charge in [0.05, 0.1) is 0 Å². The second-order valence-corrected chi connectivity index (χ2v) is 4.66. The molecule has 0 aliphatic carbocycles. The first-order valence-corrected chi connectivity index (χ1v) is 6.35. The van der Waals surface area contributed by atoms with Crippen molar-refractivity contribution in [1.82, 2.24) is 5.32 Å². The standard InChI is InChI=1S/C16H20N2/c1-13-3-2-4-14(11-13)9-10-18-12-15-5-7-16(17)8-6-15/h2-8,11,18H,9-10,12,17H2,1H3. The molecule has 0 unspecified atom stereocenters. The number of nitrogen functional groups attached to an aromatic ring is 1. The highest BCUT2D eigenvalue weighted by Crippen LogP contribution is 2.06. The molecule has 3 N–H and O–H groups in total. The molecule has 0 spiro atoms. The van der Waals surface area contributed by atoms with Crippen LogP contribution in [0.15, 0.2) is 48.5 Å². The molecule has 0 aromatic heterocycles. The molecule has 0 radical (unpaired) electrons. The van der Waals surface area contributed by atoms with Crippen LogP contribution in [0.4, 0.5) is 5.69 Å². The third-order valence-electron chi connectivity index (χ3n) is 2.98. The fourth-order valence-corrected chi connectivity index (χ4v) is 1.97. The van der Waals surface area contributed by atoms with Crippen LogP contribution in [0.1, 0.15) is 16.7 Å². The summed E-state index contributed by atoms with van der Waals surface area (Å²) in [7, 11) is 0. The molecule has 94 valence electrons. The summed E-state index contributed by atoms with van der Waals surface area (Å²) in [4.78, 5) is 0.